The van der Waals surface area contributed by atoms with Crippen LogP contribution < -0.4 is 0 Å². The van der Waals surface area contributed by atoms with Crippen LogP contribution in [-0.2, 0) is 4.74 Å². The summed E-state index contributed by atoms with van der Waals surface area (Å²) in [6.45, 7) is 2.45. The standard InChI is InChI=1S/C11H14O/c1-3-5-10-6-7-11(9-10)12-8-4-2/h2-3,5,9,11H,6-8H2,1H3/b5-3+/t11-/m1/s1. The second-order valence-corrected chi connectivity index (χ2v) is 2.83. The van der Waals surface area contributed by atoms with Gasteiger partial charge in [-0.1, -0.05) is 24.1 Å². The second kappa shape index (κ2) is 4.79. The molecule has 0 fully saturated rings. The van der Waals surface area contributed by atoms with Crippen LogP contribution in [-0.4, -0.2) is 12.7 Å². The molecule has 0 radical (unpaired) electrons. The molecule has 1 heteroatoms. The van der Waals surface area contributed by atoms with Gasteiger partial charge in [0.1, 0.15) is 6.61 Å². The van der Waals surface area contributed by atoms with Crippen molar-refractivity contribution < 1.29 is 4.74 Å². The summed E-state index contributed by atoms with van der Waals surface area (Å²) in [4.78, 5) is 0. The molecule has 64 valence electrons. The average Bonchev–Trinajstić information content (AvgIpc) is 2.50. The zero-order chi connectivity index (χ0) is 8.81. The van der Waals surface area contributed by atoms with Crippen molar-refractivity contribution in [2.45, 2.75) is 25.9 Å². The first kappa shape index (κ1) is 9.09. The molecular formula is C11H14O. The van der Waals surface area contributed by atoms with Crippen LogP contribution in [0.2, 0.25) is 0 Å². The quantitative estimate of drug-likeness (QED) is 0.578. The minimum atomic E-state index is 0.243. The Balaban J connectivity index is 2.37. The van der Waals surface area contributed by atoms with Gasteiger partial charge in [0.05, 0.1) is 6.10 Å². The Labute approximate surface area is 74.1 Å². The largest absolute Gasteiger partial charge is 0.361 e. The Bertz CT molecular complexity index is 230. The number of allylic oxidation sites excluding steroid dienone is 3. The molecule has 0 saturated heterocycles. The molecule has 0 amide bonds. The average molecular weight is 162 g/mol. The normalized spacial score (nSPS) is 22.7. The number of rotatable bonds is 3. The van der Waals surface area contributed by atoms with E-state index < -0.39 is 0 Å². The molecule has 0 aliphatic heterocycles. The SMILES string of the molecule is C#CCO[C@H]1C=C(/C=C/C)CC1. The van der Waals surface area contributed by atoms with Gasteiger partial charge < -0.3 is 4.74 Å². The van der Waals surface area contributed by atoms with Gasteiger partial charge in [-0.3, -0.25) is 0 Å². The van der Waals surface area contributed by atoms with E-state index in [0.717, 1.165) is 12.8 Å². The lowest BCUT2D eigenvalue weighted by Gasteiger charge is -2.04. The molecule has 0 unspecified atom stereocenters. The third-order valence-corrected chi connectivity index (χ3v) is 1.88. The Kier molecular flexibility index (Phi) is 3.63. The van der Waals surface area contributed by atoms with Crippen LogP contribution in [0.3, 0.4) is 0 Å². The zero-order valence-corrected chi connectivity index (χ0v) is 7.42. The third kappa shape index (κ3) is 2.56. The van der Waals surface area contributed by atoms with Crippen molar-refractivity contribution in [3.63, 3.8) is 0 Å². The number of ether oxygens (including phenoxy) is 1. The fraction of sp³-hybridized carbons (Fsp3) is 0.455. The number of terminal acetylenes is 1. The van der Waals surface area contributed by atoms with Crippen LogP contribution in [0.4, 0.5) is 0 Å². The lowest BCUT2D eigenvalue weighted by molar-refractivity contribution is 0.113. The molecule has 0 heterocycles. The monoisotopic (exact) mass is 162 g/mol. The number of hydrogen-bond acceptors (Lipinski definition) is 1. The molecule has 1 atom stereocenters. The van der Waals surface area contributed by atoms with Crippen molar-refractivity contribution in [2.75, 3.05) is 6.61 Å². The van der Waals surface area contributed by atoms with Crippen LogP contribution in [0, 0.1) is 12.3 Å². The summed E-state index contributed by atoms with van der Waals surface area (Å²) in [7, 11) is 0. The summed E-state index contributed by atoms with van der Waals surface area (Å²) < 4.78 is 5.38. The van der Waals surface area contributed by atoms with E-state index in [4.69, 9.17) is 11.2 Å². The van der Waals surface area contributed by atoms with Gasteiger partial charge in [0.2, 0.25) is 0 Å². The minimum absolute atomic E-state index is 0.243. The van der Waals surface area contributed by atoms with E-state index in [0.29, 0.717) is 6.61 Å². The summed E-state index contributed by atoms with van der Waals surface area (Å²) in [6.07, 6.45) is 13.8. The second-order valence-electron chi connectivity index (χ2n) is 2.83. The van der Waals surface area contributed by atoms with E-state index in [1.54, 1.807) is 0 Å². The fourth-order valence-corrected chi connectivity index (χ4v) is 1.35. The molecular weight excluding hydrogens is 148 g/mol. The van der Waals surface area contributed by atoms with Crippen molar-refractivity contribution in [1.29, 1.82) is 0 Å². The lowest BCUT2D eigenvalue weighted by Crippen LogP contribution is -2.05. The van der Waals surface area contributed by atoms with E-state index in [-0.39, 0.29) is 6.10 Å². The molecule has 0 spiro atoms. The van der Waals surface area contributed by atoms with E-state index in [1.807, 2.05) is 6.92 Å². The predicted molar refractivity (Wildman–Crippen MR) is 50.7 cm³/mol. The van der Waals surface area contributed by atoms with Crippen molar-refractivity contribution in [3.05, 3.63) is 23.8 Å². The molecule has 0 aromatic heterocycles. The maximum Gasteiger partial charge on any atom is 0.108 e. The smallest absolute Gasteiger partial charge is 0.108 e. The molecule has 0 aromatic carbocycles. The van der Waals surface area contributed by atoms with Gasteiger partial charge in [0.15, 0.2) is 0 Å². The molecule has 1 aliphatic rings. The highest BCUT2D eigenvalue weighted by molar-refractivity contribution is 5.24. The van der Waals surface area contributed by atoms with Crippen LogP contribution in [0.15, 0.2) is 23.8 Å². The molecule has 0 saturated carbocycles. The van der Waals surface area contributed by atoms with Gasteiger partial charge in [-0.2, -0.15) is 0 Å². The van der Waals surface area contributed by atoms with Gasteiger partial charge >= 0.3 is 0 Å². The van der Waals surface area contributed by atoms with Crippen LogP contribution in [0.1, 0.15) is 19.8 Å². The van der Waals surface area contributed by atoms with Gasteiger partial charge in [-0.25, -0.2) is 0 Å². The van der Waals surface area contributed by atoms with Crippen molar-refractivity contribution in [2.24, 2.45) is 0 Å². The van der Waals surface area contributed by atoms with E-state index in [9.17, 15) is 0 Å². The highest BCUT2D eigenvalue weighted by Crippen LogP contribution is 2.21. The zero-order valence-electron chi connectivity index (χ0n) is 7.42. The first-order chi connectivity index (χ1) is 5.86. The molecule has 1 rings (SSSR count). The molecule has 1 aliphatic carbocycles. The summed E-state index contributed by atoms with van der Waals surface area (Å²) >= 11 is 0. The maximum atomic E-state index is 5.38. The Morgan fingerprint density at radius 3 is 3.33 bits per heavy atom. The topological polar surface area (TPSA) is 9.23 Å². The van der Waals surface area contributed by atoms with Crippen LogP contribution in [0.25, 0.3) is 0 Å². The Hall–Kier alpha value is -1.00. The van der Waals surface area contributed by atoms with E-state index >= 15 is 0 Å². The Morgan fingerprint density at radius 2 is 2.67 bits per heavy atom. The van der Waals surface area contributed by atoms with Crippen molar-refractivity contribution in [3.8, 4) is 12.3 Å². The van der Waals surface area contributed by atoms with Crippen molar-refractivity contribution >= 4 is 0 Å². The van der Waals surface area contributed by atoms with Crippen LogP contribution >= 0.6 is 0 Å². The first-order valence-corrected chi connectivity index (χ1v) is 4.25. The molecule has 0 aromatic rings. The maximum absolute atomic E-state index is 5.38. The van der Waals surface area contributed by atoms with Gasteiger partial charge in [0.25, 0.3) is 0 Å². The summed E-state index contributed by atoms with van der Waals surface area (Å²) in [5.74, 6) is 2.47. The highest BCUT2D eigenvalue weighted by atomic mass is 16.5. The predicted octanol–water partition coefficient (Wildman–Crippen LogP) is 2.30. The minimum Gasteiger partial charge on any atom is -0.361 e. The first-order valence-electron chi connectivity index (χ1n) is 4.25. The van der Waals surface area contributed by atoms with Gasteiger partial charge in [0, 0.05) is 0 Å². The Morgan fingerprint density at radius 1 is 1.83 bits per heavy atom. The van der Waals surface area contributed by atoms with Crippen LogP contribution in [0.5, 0.6) is 0 Å². The van der Waals surface area contributed by atoms with E-state index in [2.05, 4.69) is 24.1 Å². The van der Waals surface area contributed by atoms with Gasteiger partial charge in [-0.05, 0) is 25.3 Å². The molecule has 0 N–H and O–H groups in total. The molecule has 12 heavy (non-hydrogen) atoms. The van der Waals surface area contributed by atoms with Gasteiger partial charge in [-0.15, -0.1) is 6.42 Å². The summed E-state index contributed by atoms with van der Waals surface area (Å²) in [6, 6.07) is 0. The third-order valence-electron chi connectivity index (χ3n) is 1.88. The van der Waals surface area contributed by atoms with E-state index in [1.165, 1.54) is 5.57 Å². The van der Waals surface area contributed by atoms with Crippen molar-refractivity contribution in [1.82, 2.24) is 0 Å². The summed E-state index contributed by atoms with van der Waals surface area (Å²) in [5, 5.41) is 0. The summed E-state index contributed by atoms with van der Waals surface area (Å²) in [5.41, 5.74) is 1.36. The highest BCUT2D eigenvalue weighted by Gasteiger charge is 2.13. The molecule has 1 nitrogen and oxygen atoms in total. The number of hydrogen-bond donors (Lipinski definition) is 0. The fourth-order valence-electron chi connectivity index (χ4n) is 1.35. The molecule has 0 bridgehead atoms. The lowest BCUT2D eigenvalue weighted by atomic mass is 10.2.